The molecule has 0 aliphatic carbocycles. The first-order valence-corrected chi connectivity index (χ1v) is 11.3. The molecule has 0 aromatic heterocycles. The van der Waals surface area contributed by atoms with Crippen LogP contribution in [0.1, 0.15) is 32.1 Å². The first kappa shape index (κ1) is 22.8. The number of carbonyl (C=O) groups is 1. The highest BCUT2D eigenvalue weighted by atomic mass is 32.2. The summed E-state index contributed by atoms with van der Waals surface area (Å²) in [6, 6.07) is 4.14. The van der Waals surface area contributed by atoms with Gasteiger partial charge in [0.2, 0.25) is 15.9 Å². The van der Waals surface area contributed by atoms with Crippen LogP contribution in [0.3, 0.4) is 0 Å². The van der Waals surface area contributed by atoms with Crippen LogP contribution in [0, 0.1) is 0 Å². The minimum atomic E-state index is -4.84. The highest BCUT2D eigenvalue weighted by Gasteiger charge is 2.32. The second-order valence-corrected chi connectivity index (χ2v) is 9.31. The third-order valence-corrected chi connectivity index (χ3v) is 7.16. The number of hydrogen-bond donors (Lipinski definition) is 0. The van der Waals surface area contributed by atoms with E-state index in [-0.39, 0.29) is 36.6 Å². The molecule has 0 bridgehead atoms. The van der Waals surface area contributed by atoms with Gasteiger partial charge in [-0.05, 0) is 56.4 Å². The molecule has 0 radical (unpaired) electrons. The highest BCUT2D eigenvalue weighted by molar-refractivity contribution is 7.89. The smallest absolute Gasteiger partial charge is 0.406 e. The molecule has 1 aromatic carbocycles. The minimum Gasteiger partial charge on any atom is -0.406 e. The van der Waals surface area contributed by atoms with E-state index >= 15 is 0 Å². The van der Waals surface area contributed by atoms with E-state index in [1.165, 1.54) is 4.31 Å². The van der Waals surface area contributed by atoms with Gasteiger partial charge in [-0.3, -0.25) is 4.79 Å². The molecular weight excluding hydrogens is 425 g/mol. The molecule has 1 amide bonds. The number of rotatable bonds is 6. The molecule has 3 rings (SSSR count). The van der Waals surface area contributed by atoms with Crippen LogP contribution in [0.5, 0.6) is 5.75 Å². The van der Waals surface area contributed by atoms with Gasteiger partial charge in [0, 0.05) is 26.2 Å². The normalized spacial score (nSPS) is 19.6. The van der Waals surface area contributed by atoms with E-state index in [1.54, 1.807) is 4.90 Å². The molecule has 0 saturated carbocycles. The van der Waals surface area contributed by atoms with Crippen molar-refractivity contribution in [3.8, 4) is 5.75 Å². The Morgan fingerprint density at radius 1 is 1.00 bits per heavy atom. The number of ether oxygens (including phenoxy) is 2. The zero-order valence-corrected chi connectivity index (χ0v) is 17.3. The van der Waals surface area contributed by atoms with Crippen LogP contribution < -0.4 is 4.74 Å². The topological polar surface area (TPSA) is 76.1 Å². The summed E-state index contributed by atoms with van der Waals surface area (Å²) in [7, 11) is -3.83. The van der Waals surface area contributed by atoms with Crippen LogP contribution in [-0.4, -0.2) is 68.8 Å². The number of benzene rings is 1. The molecule has 2 saturated heterocycles. The van der Waals surface area contributed by atoms with Gasteiger partial charge in [-0.15, -0.1) is 13.2 Å². The van der Waals surface area contributed by atoms with Crippen molar-refractivity contribution < 1.29 is 35.9 Å². The summed E-state index contributed by atoms with van der Waals surface area (Å²) < 4.78 is 72.9. The van der Waals surface area contributed by atoms with Crippen molar-refractivity contribution in [1.82, 2.24) is 9.21 Å². The first-order valence-electron chi connectivity index (χ1n) is 9.90. The van der Waals surface area contributed by atoms with Gasteiger partial charge in [0.15, 0.2) is 0 Å². The predicted molar refractivity (Wildman–Crippen MR) is 101 cm³/mol. The number of hydrogen-bond acceptors (Lipinski definition) is 5. The zero-order chi connectivity index (χ0) is 21.8. The number of piperidine rings is 2. The summed E-state index contributed by atoms with van der Waals surface area (Å²) >= 11 is 0. The average Bonchev–Trinajstić information content (AvgIpc) is 2.72. The third kappa shape index (κ3) is 6.08. The fourth-order valence-electron chi connectivity index (χ4n) is 3.63. The molecule has 2 heterocycles. The number of carbonyl (C=O) groups excluding carboxylic acids is 1. The molecule has 11 heteroatoms. The lowest BCUT2D eigenvalue weighted by atomic mass is 10.1. The van der Waals surface area contributed by atoms with Gasteiger partial charge in [-0.1, -0.05) is 0 Å². The molecule has 30 heavy (non-hydrogen) atoms. The molecule has 2 aliphatic rings. The summed E-state index contributed by atoms with van der Waals surface area (Å²) in [4.78, 5) is 13.9. The molecule has 7 nitrogen and oxygen atoms in total. The monoisotopic (exact) mass is 450 g/mol. The molecule has 0 unspecified atom stereocenters. The number of sulfonamides is 1. The Morgan fingerprint density at radius 3 is 2.17 bits per heavy atom. The number of amides is 1. The minimum absolute atomic E-state index is 0.00190. The maximum atomic E-state index is 12.7. The van der Waals surface area contributed by atoms with Crippen molar-refractivity contribution in [2.45, 2.75) is 49.5 Å². The fourth-order valence-corrected chi connectivity index (χ4v) is 5.09. The van der Waals surface area contributed by atoms with Crippen molar-refractivity contribution in [2.24, 2.45) is 0 Å². The molecule has 168 valence electrons. The molecule has 0 N–H and O–H groups in total. The summed E-state index contributed by atoms with van der Waals surface area (Å²) in [5, 5.41) is 0. The second kappa shape index (κ2) is 9.52. The SMILES string of the molecule is O=C(COC1CCN(S(=O)(=O)c2ccc(OC(F)(F)F)cc2)CC1)N1CCCCC1. The van der Waals surface area contributed by atoms with Crippen LogP contribution in [0.2, 0.25) is 0 Å². The maximum absolute atomic E-state index is 12.7. The Morgan fingerprint density at radius 2 is 1.60 bits per heavy atom. The van der Waals surface area contributed by atoms with Crippen LogP contribution >= 0.6 is 0 Å². The highest BCUT2D eigenvalue weighted by Crippen LogP contribution is 2.26. The van der Waals surface area contributed by atoms with E-state index < -0.39 is 22.1 Å². The lowest BCUT2D eigenvalue weighted by Gasteiger charge is -2.32. The van der Waals surface area contributed by atoms with E-state index in [9.17, 15) is 26.4 Å². The number of alkyl halides is 3. The summed E-state index contributed by atoms with van der Waals surface area (Å²) in [6.07, 6.45) is -0.999. The quantitative estimate of drug-likeness (QED) is 0.666. The standard InChI is InChI=1S/C19H25F3N2O5S/c20-19(21,22)29-16-4-6-17(7-5-16)30(26,27)24-12-8-15(9-13-24)28-14-18(25)23-10-2-1-3-11-23/h4-7,15H,1-3,8-14H2. The number of nitrogens with zero attached hydrogens (tertiary/aromatic N) is 2. The molecule has 0 spiro atoms. The predicted octanol–water partition coefficient (Wildman–Crippen LogP) is 2.77. The van der Waals surface area contributed by atoms with E-state index in [2.05, 4.69) is 4.74 Å². The Hall–Kier alpha value is -1.85. The summed E-state index contributed by atoms with van der Waals surface area (Å²) in [5.41, 5.74) is 0. The van der Waals surface area contributed by atoms with Gasteiger partial charge >= 0.3 is 6.36 Å². The van der Waals surface area contributed by atoms with E-state index in [4.69, 9.17) is 4.74 Å². The Bertz CT molecular complexity index is 816. The second-order valence-electron chi connectivity index (χ2n) is 7.38. The molecular formula is C19H25F3N2O5S. The van der Waals surface area contributed by atoms with Gasteiger partial charge in [-0.25, -0.2) is 8.42 Å². The lowest BCUT2D eigenvalue weighted by Crippen LogP contribution is -2.43. The Balaban J connectivity index is 1.49. The van der Waals surface area contributed by atoms with Gasteiger partial charge in [-0.2, -0.15) is 4.31 Å². The van der Waals surface area contributed by atoms with Crippen molar-refractivity contribution in [2.75, 3.05) is 32.8 Å². The van der Waals surface area contributed by atoms with E-state index in [0.717, 1.165) is 56.6 Å². The summed E-state index contributed by atoms with van der Waals surface area (Å²) in [6.45, 7) is 1.94. The van der Waals surface area contributed by atoms with Gasteiger partial charge in [0.1, 0.15) is 12.4 Å². The van der Waals surface area contributed by atoms with E-state index in [1.807, 2.05) is 0 Å². The van der Waals surface area contributed by atoms with E-state index in [0.29, 0.717) is 12.8 Å². The third-order valence-electron chi connectivity index (χ3n) is 5.25. The largest absolute Gasteiger partial charge is 0.573 e. The lowest BCUT2D eigenvalue weighted by molar-refractivity contribution is -0.274. The molecule has 0 atom stereocenters. The van der Waals surface area contributed by atoms with Crippen LogP contribution in [0.15, 0.2) is 29.2 Å². The Kier molecular flexibility index (Phi) is 7.25. The molecule has 1 aromatic rings. The van der Waals surface area contributed by atoms with Gasteiger partial charge in [0.25, 0.3) is 0 Å². The molecule has 2 fully saturated rings. The van der Waals surface area contributed by atoms with Crippen LogP contribution in [-0.2, 0) is 19.6 Å². The van der Waals surface area contributed by atoms with Crippen molar-refractivity contribution >= 4 is 15.9 Å². The van der Waals surface area contributed by atoms with Crippen LogP contribution in [0.4, 0.5) is 13.2 Å². The van der Waals surface area contributed by atoms with Gasteiger partial charge < -0.3 is 14.4 Å². The zero-order valence-electron chi connectivity index (χ0n) is 16.4. The first-order chi connectivity index (χ1) is 14.1. The van der Waals surface area contributed by atoms with Crippen molar-refractivity contribution in [3.05, 3.63) is 24.3 Å². The van der Waals surface area contributed by atoms with Crippen LogP contribution in [0.25, 0.3) is 0 Å². The summed E-state index contributed by atoms with van der Waals surface area (Å²) in [5.74, 6) is -0.516. The maximum Gasteiger partial charge on any atom is 0.573 e. The number of halogens is 3. The molecule has 2 aliphatic heterocycles. The average molecular weight is 450 g/mol. The van der Waals surface area contributed by atoms with Gasteiger partial charge in [0.05, 0.1) is 11.0 Å². The van der Waals surface area contributed by atoms with Crippen molar-refractivity contribution in [3.63, 3.8) is 0 Å². The fraction of sp³-hybridized carbons (Fsp3) is 0.632. The Labute approximate surface area is 173 Å². The van der Waals surface area contributed by atoms with Crippen molar-refractivity contribution in [1.29, 1.82) is 0 Å². The number of likely N-dealkylation sites (tertiary alicyclic amines) is 1.